The van der Waals surface area contributed by atoms with Gasteiger partial charge in [-0.2, -0.15) is 15.0 Å². The smallest absolute Gasteiger partial charge is 0.323 e. The third-order valence-corrected chi connectivity index (χ3v) is 2.96. The van der Waals surface area contributed by atoms with Crippen LogP contribution in [-0.2, 0) is 0 Å². The average Bonchev–Trinajstić information content (AvgIpc) is 2.37. The number of β-amino-alcohol motifs (C(OH)–C–C–N with tert-alkyl or cyclic N) is 1. The van der Waals surface area contributed by atoms with Gasteiger partial charge in [0.2, 0.25) is 11.9 Å². The highest BCUT2D eigenvalue weighted by Crippen LogP contribution is 2.24. The standard InChI is InChI=1S/C11H20N6O2/c1-3-19-10-14-8(16-12)13-9(15-10)17-6-4-5-11(2,18)7-17/h18H,3-7,12H2,1-2H3,(H,13,14,15,16). The lowest BCUT2D eigenvalue weighted by molar-refractivity contribution is 0.0444. The van der Waals surface area contributed by atoms with Crippen molar-refractivity contribution in [3.63, 3.8) is 0 Å². The molecular weight excluding hydrogens is 248 g/mol. The lowest BCUT2D eigenvalue weighted by Gasteiger charge is -2.36. The largest absolute Gasteiger partial charge is 0.464 e. The molecule has 2 rings (SSSR count). The number of nitrogens with one attached hydrogen (secondary N) is 1. The summed E-state index contributed by atoms with van der Waals surface area (Å²) in [5.41, 5.74) is 1.67. The lowest BCUT2D eigenvalue weighted by atomic mass is 9.95. The van der Waals surface area contributed by atoms with Gasteiger partial charge in [0.1, 0.15) is 0 Å². The molecule has 1 saturated heterocycles. The number of aliphatic hydroxyl groups is 1. The predicted molar refractivity (Wildman–Crippen MR) is 70.9 cm³/mol. The number of rotatable bonds is 4. The third kappa shape index (κ3) is 3.42. The van der Waals surface area contributed by atoms with Gasteiger partial charge in [-0.05, 0) is 26.7 Å². The second kappa shape index (κ2) is 5.54. The normalized spacial score (nSPS) is 23.3. The minimum Gasteiger partial charge on any atom is -0.464 e. The van der Waals surface area contributed by atoms with E-state index in [0.29, 0.717) is 19.1 Å². The van der Waals surface area contributed by atoms with Gasteiger partial charge in [-0.15, -0.1) is 0 Å². The molecule has 0 aliphatic carbocycles. The summed E-state index contributed by atoms with van der Waals surface area (Å²) in [5.74, 6) is 6.05. The maximum absolute atomic E-state index is 10.1. The number of nitrogens with two attached hydrogens (primary N) is 1. The second-order valence-electron chi connectivity index (χ2n) is 4.84. The highest BCUT2D eigenvalue weighted by Gasteiger charge is 2.30. The number of nitrogens with zero attached hydrogens (tertiary/aromatic N) is 4. The first-order valence-electron chi connectivity index (χ1n) is 6.37. The van der Waals surface area contributed by atoms with Crippen LogP contribution in [0.5, 0.6) is 6.01 Å². The van der Waals surface area contributed by atoms with Crippen LogP contribution in [0.25, 0.3) is 0 Å². The van der Waals surface area contributed by atoms with Crippen LogP contribution in [0.2, 0.25) is 0 Å². The minimum atomic E-state index is -0.729. The Labute approximate surface area is 112 Å². The van der Waals surface area contributed by atoms with Gasteiger partial charge in [0.25, 0.3) is 0 Å². The van der Waals surface area contributed by atoms with Gasteiger partial charge in [-0.3, -0.25) is 5.43 Å². The maximum atomic E-state index is 10.1. The Morgan fingerprint density at radius 1 is 1.47 bits per heavy atom. The lowest BCUT2D eigenvalue weighted by Crippen LogP contribution is -2.46. The Bertz CT molecular complexity index is 439. The van der Waals surface area contributed by atoms with Crippen LogP contribution in [-0.4, -0.2) is 45.4 Å². The Hall–Kier alpha value is -1.67. The molecule has 0 amide bonds. The number of ether oxygens (including phenoxy) is 1. The van der Waals surface area contributed by atoms with Crippen LogP contribution in [0.3, 0.4) is 0 Å². The minimum absolute atomic E-state index is 0.227. The molecule has 0 aromatic carbocycles. The Kier molecular flexibility index (Phi) is 4.01. The van der Waals surface area contributed by atoms with Crippen molar-refractivity contribution in [2.45, 2.75) is 32.3 Å². The summed E-state index contributed by atoms with van der Waals surface area (Å²) < 4.78 is 5.28. The van der Waals surface area contributed by atoms with Crippen molar-refractivity contribution in [3.05, 3.63) is 0 Å². The maximum Gasteiger partial charge on any atom is 0.323 e. The van der Waals surface area contributed by atoms with Gasteiger partial charge in [0, 0.05) is 13.1 Å². The van der Waals surface area contributed by atoms with Crippen LogP contribution in [0.1, 0.15) is 26.7 Å². The third-order valence-electron chi connectivity index (χ3n) is 2.96. The van der Waals surface area contributed by atoms with Crippen LogP contribution < -0.4 is 20.9 Å². The molecule has 1 fully saturated rings. The van der Waals surface area contributed by atoms with E-state index in [1.54, 1.807) is 0 Å². The van der Waals surface area contributed by atoms with Crippen molar-refractivity contribution in [1.82, 2.24) is 15.0 Å². The average molecular weight is 268 g/mol. The van der Waals surface area contributed by atoms with Crippen molar-refractivity contribution in [2.24, 2.45) is 5.84 Å². The number of nitrogen functional groups attached to an aromatic ring is 1. The fourth-order valence-corrected chi connectivity index (χ4v) is 2.14. The highest BCUT2D eigenvalue weighted by molar-refractivity contribution is 5.38. The van der Waals surface area contributed by atoms with Crippen LogP contribution in [0.4, 0.5) is 11.9 Å². The van der Waals surface area contributed by atoms with E-state index in [0.717, 1.165) is 19.4 Å². The molecule has 1 aromatic rings. The number of hydrogen-bond donors (Lipinski definition) is 3. The van der Waals surface area contributed by atoms with Crippen molar-refractivity contribution in [3.8, 4) is 6.01 Å². The molecule has 8 heteroatoms. The van der Waals surface area contributed by atoms with Gasteiger partial charge >= 0.3 is 6.01 Å². The molecule has 1 unspecified atom stereocenters. The van der Waals surface area contributed by atoms with Crippen molar-refractivity contribution in [1.29, 1.82) is 0 Å². The number of aromatic nitrogens is 3. The first-order chi connectivity index (χ1) is 9.04. The highest BCUT2D eigenvalue weighted by atomic mass is 16.5. The first-order valence-corrected chi connectivity index (χ1v) is 6.37. The van der Waals surface area contributed by atoms with E-state index in [4.69, 9.17) is 10.6 Å². The van der Waals surface area contributed by atoms with E-state index in [1.807, 2.05) is 18.7 Å². The molecular formula is C11H20N6O2. The number of hydrazine groups is 1. The van der Waals surface area contributed by atoms with E-state index in [-0.39, 0.29) is 12.0 Å². The monoisotopic (exact) mass is 268 g/mol. The molecule has 1 atom stereocenters. The van der Waals surface area contributed by atoms with E-state index in [9.17, 15) is 5.11 Å². The van der Waals surface area contributed by atoms with Gasteiger partial charge < -0.3 is 14.7 Å². The first kappa shape index (κ1) is 13.8. The molecule has 0 radical (unpaired) electrons. The van der Waals surface area contributed by atoms with Crippen LogP contribution >= 0.6 is 0 Å². The fraction of sp³-hybridized carbons (Fsp3) is 0.727. The molecule has 4 N–H and O–H groups in total. The van der Waals surface area contributed by atoms with Crippen molar-refractivity contribution < 1.29 is 9.84 Å². The quantitative estimate of drug-likeness (QED) is 0.513. The molecule has 19 heavy (non-hydrogen) atoms. The van der Waals surface area contributed by atoms with Gasteiger partial charge in [0.15, 0.2) is 0 Å². The molecule has 2 heterocycles. The zero-order valence-electron chi connectivity index (χ0n) is 11.3. The molecule has 0 bridgehead atoms. The molecule has 1 aliphatic rings. The van der Waals surface area contributed by atoms with E-state index < -0.39 is 5.60 Å². The summed E-state index contributed by atoms with van der Waals surface area (Å²) in [6, 6.07) is 0.227. The summed E-state index contributed by atoms with van der Waals surface area (Å²) in [7, 11) is 0. The van der Waals surface area contributed by atoms with Gasteiger partial charge in [-0.1, -0.05) is 0 Å². The fourth-order valence-electron chi connectivity index (χ4n) is 2.14. The number of hydrogen-bond acceptors (Lipinski definition) is 8. The molecule has 0 saturated carbocycles. The zero-order chi connectivity index (χ0) is 13.9. The molecule has 1 aliphatic heterocycles. The molecule has 106 valence electrons. The van der Waals surface area contributed by atoms with Gasteiger partial charge in [0.05, 0.1) is 12.2 Å². The van der Waals surface area contributed by atoms with Crippen LogP contribution in [0.15, 0.2) is 0 Å². The van der Waals surface area contributed by atoms with Crippen LogP contribution in [0, 0.1) is 0 Å². The summed E-state index contributed by atoms with van der Waals surface area (Å²) in [6.07, 6.45) is 1.66. The predicted octanol–water partition coefficient (Wildman–Crippen LogP) is -0.0929. The Morgan fingerprint density at radius 3 is 2.89 bits per heavy atom. The van der Waals surface area contributed by atoms with E-state index in [2.05, 4.69) is 20.4 Å². The molecule has 1 aromatic heterocycles. The summed E-state index contributed by atoms with van der Waals surface area (Å²) in [6.45, 7) is 5.39. The van der Waals surface area contributed by atoms with Crippen molar-refractivity contribution in [2.75, 3.05) is 30.0 Å². The summed E-state index contributed by atoms with van der Waals surface area (Å²) in [4.78, 5) is 14.3. The summed E-state index contributed by atoms with van der Waals surface area (Å²) >= 11 is 0. The topological polar surface area (TPSA) is 109 Å². The van der Waals surface area contributed by atoms with Gasteiger partial charge in [-0.25, -0.2) is 5.84 Å². The van der Waals surface area contributed by atoms with Crippen molar-refractivity contribution >= 4 is 11.9 Å². The molecule has 8 nitrogen and oxygen atoms in total. The molecule has 0 spiro atoms. The SMILES string of the molecule is CCOc1nc(NN)nc(N2CCCC(C)(O)C2)n1. The van der Waals surface area contributed by atoms with E-state index in [1.165, 1.54) is 0 Å². The summed E-state index contributed by atoms with van der Waals surface area (Å²) in [5, 5.41) is 10.1. The zero-order valence-corrected chi connectivity index (χ0v) is 11.3. The number of anilines is 2. The second-order valence-corrected chi connectivity index (χ2v) is 4.84. The Balaban J connectivity index is 2.25. The number of piperidine rings is 1. The van der Waals surface area contributed by atoms with E-state index >= 15 is 0 Å². The Morgan fingerprint density at radius 2 is 2.26 bits per heavy atom.